The second kappa shape index (κ2) is 9.99. The van der Waals surface area contributed by atoms with Crippen molar-refractivity contribution in [1.29, 1.82) is 0 Å². The van der Waals surface area contributed by atoms with Gasteiger partial charge in [0.15, 0.2) is 0 Å². The summed E-state index contributed by atoms with van der Waals surface area (Å²) in [7, 11) is 3.97. The number of carbonyl (C=O) groups is 2. The molecule has 6 heteroatoms. The van der Waals surface area contributed by atoms with Gasteiger partial charge in [0.1, 0.15) is 0 Å². The van der Waals surface area contributed by atoms with E-state index in [-0.39, 0.29) is 29.4 Å². The third-order valence-corrected chi connectivity index (χ3v) is 4.89. The number of hydrogen-bond donors (Lipinski definition) is 2. The van der Waals surface area contributed by atoms with Crippen LogP contribution in [0.3, 0.4) is 0 Å². The second-order valence-electron chi connectivity index (χ2n) is 9.67. The molecule has 6 nitrogen and oxygen atoms in total. The molecule has 0 aliphatic carbocycles. The predicted octanol–water partition coefficient (Wildman–Crippen LogP) is 4.70. The van der Waals surface area contributed by atoms with E-state index in [1.807, 2.05) is 76.7 Å². The first-order chi connectivity index (χ1) is 13.2. The van der Waals surface area contributed by atoms with Crippen molar-refractivity contribution in [2.45, 2.75) is 73.5 Å². The first kappa shape index (κ1) is 24.8. The van der Waals surface area contributed by atoms with Gasteiger partial charge in [-0.1, -0.05) is 27.7 Å². The molecule has 0 aromatic heterocycles. The molecule has 0 radical (unpaired) electrons. The van der Waals surface area contributed by atoms with Crippen LogP contribution < -0.4 is 15.5 Å². The number of carbonyl (C=O) groups excluding carboxylic acids is 2. The van der Waals surface area contributed by atoms with E-state index < -0.39 is 0 Å². The lowest BCUT2D eigenvalue weighted by Gasteiger charge is -2.35. The maximum atomic E-state index is 13.1. The standard InChI is InChI=1S/C23H40N4O2/c1-15(2)17(5)27(22(29)25-23(6,7)8)14-18-13-19(24-21(28)16(3)4)11-12-20(18)26(9)10/h11-13,15-17H,14H2,1-10H3,(H,24,28)(H,25,29)/t17-/m0/s1. The molecule has 0 spiro atoms. The molecule has 1 aromatic carbocycles. The minimum absolute atomic E-state index is 0.0218. The molecule has 1 atom stereocenters. The number of nitrogens with zero attached hydrogens (tertiary/aromatic N) is 2. The van der Waals surface area contributed by atoms with E-state index in [4.69, 9.17) is 0 Å². The molecule has 29 heavy (non-hydrogen) atoms. The first-order valence-corrected chi connectivity index (χ1v) is 10.4. The lowest BCUT2D eigenvalue weighted by molar-refractivity contribution is -0.118. The smallest absolute Gasteiger partial charge is 0.318 e. The number of anilines is 2. The van der Waals surface area contributed by atoms with Crippen molar-refractivity contribution < 1.29 is 9.59 Å². The van der Waals surface area contributed by atoms with E-state index in [0.717, 1.165) is 16.9 Å². The summed E-state index contributed by atoms with van der Waals surface area (Å²) in [6.45, 7) is 16.5. The average Bonchev–Trinajstić information content (AvgIpc) is 2.57. The molecule has 1 aromatic rings. The van der Waals surface area contributed by atoms with E-state index in [2.05, 4.69) is 31.4 Å². The number of benzene rings is 1. The zero-order chi connectivity index (χ0) is 22.5. The van der Waals surface area contributed by atoms with Crippen molar-refractivity contribution in [3.8, 4) is 0 Å². The van der Waals surface area contributed by atoms with Gasteiger partial charge in [0, 0.05) is 49.5 Å². The Bertz CT molecular complexity index is 705. The molecule has 2 N–H and O–H groups in total. The fourth-order valence-electron chi connectivity index (χ4n) is 2.85. The monoisotopic (exact) mass is 404 g/mol. The summed E-state index contributed by atoms with van der Waals surface area (Å²) in [5.74, 6) is 0.195. The van der Waals surface area contributed by atoms with Crippen molar-refractivity contribution in [2.24, 2.45) is 11.8 Å². The van der Waals surface area contributed by atoms with E-state index >= 15 is 0 Å². The molecule has 0 unspecified atom stereocenters. The Labute approximate surface area is 177 Å². The Morgan fingerprint density at radius 1 is 1.03 bits per heavy atom. The number of urea groups is 1. The van der Waals surface area contributed by atoms with Crippen molar-refractivity contribution >= 4 is 23.3 Å². The number of rotatable bonds is 7. The SMILES string of the molecule is CC(C)C(=O)Nc1ccc(N(C)C)c(CN(C(=O)NC(C)(C)C)[C@@H](C)C(C)C)c1. The molecule has 0 aliphatic heterocycles. The van der Waals surface area contributed by atoms with Crippen LogP contribution in [0.15, 0.2) is 18.2 Å². The molecular formula is C23H40N4O2. The molecule has 0 saturated carbocycles. The zero-order valence-corrected chi connectivity index (χ0v) is 19.9. The third kappa shape index (κ3) is 7.59. The highest BCUT2D eigenvalue weighted by Gasteiger charge is 2.27. The summed E-state index contributed by atoms with van der Waals surface area (Å²) in [6.07, 6.45) is 0. The molecule has 0 aliphatic rings. The number of nitrogens with one attached hydrogen (secondary N) is 2. The van der Waals surface area contributed by atoms with Gasteiger partial charge < -0.3 is 20.4 Å². The Morgan fingerprint density at radius 2 is 1.62 bits per heavy atom. The van der Waals surface area contributed by atoms with Crippen LogP contribution in [0, 0.1) is 11.8 Å². The number of amides is 3. The minimum atomic E-state index is -0.316. The molecule has 164 valence electrons. The average molecular weight is 405 g/mol. The lowest BCUT2D eigenvalue weighted by Crippen LogP contribution is -2.52. The van der Waals surface area contributed by atoms with Crippen molar-refractivity contribution in [1.82, 2.24) is 10.2 Å². The van der Waals surface area contributed by atoms with Crippen LogP contribution in [0.25, 0.3) is 0 Å². The Kier molecular flexibility index (Phi) is 8.54. The largest absolute Gasteiger partial charge is 0.377 e. The lowest BCUT2D eigenvalue weighted by atomic mass is 10.0. The molecule has 0 saturated heterocycles. The molecular weight excluding hydrogens is 364 g/mol. The van der Waals surface area contributed by atoms with E-state index in [1.54, 1.807) is 0 Å². The van der Waals surface area contributed by atoms with Crippen LogP contribution in [0.4, 0.5) is 16.2 Å². The minimum Gasteiger partial charge on any atom is -0.377 e. The topological polar surface area (TPSA) is 64.7 Å². The van der Waals surface area contributed by atoms with Gasteiger partial charge in [-0.15, -0.1) is 0 Å². The fraction of sp³-hybridized carbons (Fsp3) is 0.652. The van der Waals surface area contributed by atoms with E-state index in [9.17, 15) is 9.59 Å². The Balaban J connectivity index is 3.30. The van der Waals surface area contributed by atoms with Gasteiger partial charge in [0.2, 0.25) is 5.91 Å². The maximum Gasteiger partial charge on any atom is 0.318 e. The second-order valence-corrected chi connectivity index (χ2v) is 9.67. The van der Waals surface area contributed by atoms with Gasteiger partial charge in [-0.2, -0.15) is 0 Å². The summed E-state index contributed by atoms with van der Waals surface area (Å²) in [5.41, 5.74) is 2.45. The molecule has 1 rings (SSSR count). The summed E-state index contributed by atoms with van der Waals surface area (Å²) < 4.78 is 0. The fourth-order valence-corrected chi connectivity index (χ4v) is 2.85. The molecule has 0 bridgehead atoms. The van der Waals surface area contributed by atoms with E-state index in [0.29, 0.717) is 12.5 Å². The molecule has 3 amide bonds. The molecule has 0 fully saturated rings. The summed E-state index contributed by atoms with van der Waals surface area (Å²) in [4.78, 5) is 29.1. The van der Waals surface area contributed by atoms with Crippen LogP contribution in [0.2, 0.25) is 0 Å². The van der Waals surface area contributed by atoms with E-state index in [1.165, 1.54) is 0 Å². The summed E-state index contributed by atoms with van der Waals surface area (Å²) in [6, 6.07) is 5.84. The quantitative estimate of drug-likeness (QED) is 0.692. The third-order valence-electron chi connectivity index (χ3n) is 4.89. The van der Waals surface area contributed by atoms with Crippen LogP contribution >= 0.6 is 0 Å². The highest BCUT2D eigenvalue weighted by atomic mass is 16.2. The van der Waals surface area contributed by atoms with Crippen LogP contribution in [-0.2, 0) is 11.3 Å². The summed E-state index contributed by atoms with van der Waals surface area (Å²) >= 11 is 0. The van der Waals surface area contributed by atoms with Crippen LogP contribution in [0.1, 0.15) is 61.0 Å². The predicted molar refractivity (Wildman–Crippen MR) is 122 cm³/mol. The highest BCUT2D eigenvalue weighted by molar-refractivity contribution is 5.92. The molecule has 0 heterocycles. The Morgan fingerprint density at radius 3 is 2.07 bits per heavy atom. The zero-order valence-electron chi connectivity index (χ0n) is 19.9. The van der Waals surface area contributed by atoms with Gasteiger partial charge in [-0.3, -0.25) is 4.79 Å². The highest BCUT2D eigenvalue weighted by Crippen LogP contribution is 2.27. The Hall–Kier alpha value is -2.24. The van der Waals surface area contributed by atoms with Crippen molar-refractivity contribution in [2.75, 3.05) is 24.3 Å². The van der Waals surface area contributed by atoms with Crippen LogP contribution in [-0.4, -0.2) is 42.5 Å². The van der Waals surface area contributed by atoms with Crippen molar-refractivity contribution in [3.63, 3.8) is 0 Å². The number of hydrogen-bond acceptors (Lipinski definition) is 3. The van der Waals surface area contributed by atoms with Gasteiger partial charge in [0.25, 0.3) is 0 Å². The maximum absolute atomic E-state index is 13.1. The first-order valence-electron chi connectivity index (χ1n) is 10.4. The van der Waals surface area contributed by atoms with Gasteiger partial charge in [-0.05, 0) is 57.4 Å². The van der Waals surface area contributed by atoms with Crippen LogP contribution in [0.5, 0.6) is 0 Å². The summed E-state index contributed by atoms with van der Waals surface area (Å²) in [5, 5.41) is 6.05. The van der Waals surface area contributed by atoms with Crippen molar-refractivity contribution in [3.05, 3.63) is 23.8 Å². The van der Waals surface area contributed by atoms with Gasteiger partial charge in [-0.25, -0.2) is 4.79 Å². The van der Waals surface area contributed by atoms with Gasteiger partial charge in [0.05, 0.1) is 0 Å². The normalized spacial score (nSPS) is 12.7. The van der Waals surface area contributed by atoms with Gasteiger partial charge >= 0.3 is 6.03 Å².